The second-order valence-electron chi connectivity index (χ2n) is 4.91. The highest BCUT2D eigenvalue weighted by Gasteiger charge is 2.20. The molecule has 2 rings (SSSR count). The number of hydrogen-bond acceptors (Lipinski definition) is 5. The van der Waals surface area contributed by atoms with Crippen molar-refractivity contribution < 1.29 is 23.9 Å². The summed E-state index contributed by atoms with van der Waals surface area (Å²) in [4.78, 5) is 35.3. The third-order valence-electron chi connectivity index (χ3n) is 3.22. The van der Waals surface area contributed by atoms with Gasteiger partial charge in [-0.3, -0.25) is 0 Å². The van der Waals surface area contributed by atoms with Crippen molar-refractivity contribution in [2.75, 3.05) is 0 Å². The van der Waals surface area contributed by atoms with Gasteiger partial charge in [0.05, 0.1) is 11.1 Å². The Labute approximate surface area is 133 Å². The second kappa shape index (κ2) is 7.35. The first kappa shape index (κ1) is 16.4. The van der Waals surface area contributed by atoms with Crippen LogP contribution in [0.3, 0.4) is 0 Å². The smallest absolute Gasteiger partial charge is 0.356 e. The molecule has 2 aromatic carbocycles. The first-order chi connectivity index (χ1) is 11.0. The summed E-state index contributed by atoms with van der Waals surface area (Å²) < 4.78 is 9.09. The Morgan fingerprint density at radius 1 is 0.913 bits per heavy atom. The molecule has 0 radical (unpaired) electrons. The summed E-state index contributed by atoms with van der Waals surface area (Å²) in [5.41, 5.74) is 2.24. The van der Waals surface area contributed by atoms with Crippen LogP contribution in [0.1, 0.15) is 38.8 Å². The van der Waals surface area contributed by atoms with Gasteiger partial charge in [0.1, 0.15) is 0 Å². The minimum absolute atomic E-state index is 0.196. The van der Waals surface area contributed by atoms with Gasteiger partial charge in [-0.1, -0.05) is 42.8 Å². The van der Waals surface area contributed by atoms with Gasteiger partial charge in [-0.25, -0.2) is 14.4 Å². The van der Waals surface area contributed by atoms with Crippen molar-refractivity contribution in [3.63, 3.8) is 0 Å². The topological polar surface area (TPSA) is 69.7 Å². The summed E-state index contributed by atoms with van der Waals surface area (Å²) >= 11 is 0. The molecule has 0 atom stereocenters. The minimum Gasteiger partial charge on any atom is -0.356 e. The van der Waals surface area contributed by atoms with Crippen LogP contribution < -0.4 is 0 Å². The van der Waals surface area contributed by atoms with E-state index < -0.39 is 18.1 Å². The highest BCUT2D eigenvalue weighted by Crippen LogP contribution is 2.14. The fourth-order valence-electron chi connectivity index (χ4n) is 2.07. The SMILES string of the molecule is CCc1cc(C)ccc1C(=O)OC(=O)OC(=O)c1ccccc1. The lowest BCUT2D eigenvalue weighted by molar-refractivity contribution is 0.0337. The molecule has 0 amide bonds. The van der Waals surface area contributed by atoms with Gasteiger partial charge in [-0.05, 0) is 37.1 Å². The number of benzene rings is 2. The van der Waals surface area contributed by atoms with Crippen LogP contribution in [0.4, 0.5) is 4.79 Å². The Morgan fingerprint density at radius 3 is 2.22 bits per heavy atom. The average molecular weight is 312 g/mol. The van der Waals surface area contributed by atoms with Crippen LogP contribution >= 0.6 is 0 Å². The molecule has 0 aliphatic rings. The van der Waals surface area contributed by atoms with Crippen molar-refractivity contribution in [3.8, 4) is 0 Å². The van der Waals surface area contributed by atoms with E-state index >= 15 is 0 Å². The molecular weight excluding hydrogens is 296 g/mol. The van der Waals surface area contributed by atoms with E-state index in [-0.39, 0.29) is 11.1 Å². The maximum Gasteiger partial charge on any atom is 0.524 e. The van der Waals surface area contributed by atoms with E-state index in [9.17, 15) is 14.4 Å². The lowest BCUT2D eigenvalue weighted by Gasteiger charge is -2.08. The van der Waals surface area contributed by atoms with Crippen LogP contribution in [0.15, 0.2) is 48.5 Å². The molecule has 0 unspecified atom stereocenters. The lowest BCUT2D eigenvalue weighted by Crippen LogP contribution is -2.19. The molecule has 0 fully saturated rings. The maximum absolute atomic E-state index is 12.0. The highest BCUT2D eigenvalue weighted by molar-refractivity contribution is 6.01. The van der Waals surface area contributed by atoms with Crippen LogP contribution in [0.5, 0.6) is 0 Å². The van der Waals surface area contributed by atoms with Crippen molar-refractivity contribution in [1.82, 2.24) is 0 Å². The van der Waals surface area contributed by atoms with Gasteiger partial charge < -0.3 is 9.47 Å². The first-order valence-electron chi connectivity index (χ1n) is 7.14. The van der Waals surface area contributed by atoms with Crippen LogP contribution in [-0.2, 0) is 15.9 Å². The molecule has 5 nitrogen and oxygen atoms in total. The Morgan fingerprint density at radius 2 is 1.57 bits per heavy atom. The van der Waals surface area contributed by atoms with Crippen LogP contribution in [-0.4, -0.2) is 18.1 Å². The van der Waals surface area contributed by atoms with E-state index in [4.69, 9.17) is 0 Å². The van der Waals surface area contributed by atoms with Crippen LogP contribution in [0.2, 0.25) is 0 Å². The number of ether oxygens (including phenoxy) is 2. The van der Waals surface area contributed by atoms with Crippen LogP contribution in [0.25, 0.3) is 0 Å². The van der Waals surface area contributed by atoms with Gasteiger partial charge in [-0.15, -0.1) is 0 Å². The monoisotopic (exact) mass is 312 g/mol. The van der Waals surface area contributed by atoms with Crippen molar-refractivity contribution in [1.29, 1.82) is 0 Å². The van der Waals surface area contributed by atoms with Gasteiger partial charge in [0.2, 0.25) is 0 Å². The van der Waals surface area contributed by atoms with E-state index in [1.165, 1.54) is 12.1 Å². The predicted octanol–water partition coefficient (Wildman–Crippen LogP) is 3.69. The molecule has 2 aromatic rings. The molecule has 0 N–H and O–H groups in total. The predicted molar refractivity (Wildman–Crippen MR) is 83.2 cm³/mol. The zero-order chi connectivity index (χ0) is 16.8. The number of carbonyl (C=O) groups is 3. The van der Waals surface area contributed by atoms with Gasteiger partial charge >= 0.3 is 18.1 Å². The molecule has 5 heteroatoms. The summed E-state index contributed by atoms with van der Waals surface area (Å²) in [5, 5.41) is 0. The van der Waals surface area contributed by atoms with E-state index in [1.807, 2.05) is 19.9 Å². The van der Waals surface area contributed by atoms with E-state index in [1.54, 1.807) is 30.3 Å². The van der Waals surface area contributed by atoms with Gasteiger partial charge in [0.25, 0.3) is 0 Å². The Balaban J connectivity index is 2.03. The standard InChI is InChI=1S/C18H16O5/c1-3-13-11-12(2)9-10-15(13)17(20)23-18(21)22-16(19)14-7-5-4-6-8-14/h4-11H,3H2,1-2H3. The molecule has 0 spiro atoms. The molecule has 0 aromatic heterocycles. The number of carbonyl (C=O) groups excluding carboxylic acids is 3. The molecule has 118 valence electrons. The second-order valence-corrected chi connectivity index (χ2v) is 4.91. The highest BCUT2D eigenvalue weighted by atomic mass is 16.8. The quantitative estimate of drug-likeness (QED) is 0.638. The Hall–Kier alpha value is -2.95. The molecule has 23 heavy (non-hydrogen) atoms. The van der Waals surface area contributed by atoms with Crippen molar-refractivity contribution in [3.05, 3.63) is 70.8 Å². The largest absolute Gasteiger partial charge is 0.524 e. The van der Waals surface area contributed by atoms with E-state index in [0.29, 0.717) is 6.42 Å². The molecule has 0 heterocycles. The summed E-state index contributed by atoms with van der Waals surface area (Å²) in [6, 6.07) is 13.2. The maximum atomic E-state index is 12.0. The van der Waals surface area contributed by atoms with Gasteiger partial charge in [0, 0.05) is 0 Å². The number of rotatable bonds is 3. The van der Waals surface area contributed by atoms with Gasteiger partial charge in [-0.2, -0.15) is 0 Å². The van der Waals surface area contributed by atoms with E-state index in [0.717, 1.165) is 11.1 Å². The summed E-state index contributed by atoms with van der Waals surface area (Å²) in [6.45, 7) is 3.80. The summed E-state index contributed by atoms with van der Waals surface area (Å²) in [6.07, 6.45) is -0.726. The summed E-state index contributed by atoms with van der Waals surface area (Å²) in [7, 11) is 0. The fraction of sp³-hybridized carbons (Fsp3) is 0.167. The molecule has 0 aliphatic carbocycles. The molecule has 0 bridgehead atoms. The summed E-state index contributed by atoms with van der Waals surface area (Å²) in [5.74, 6) is -1.71. The van der Waals surface area contributed by atoms with E-state index in [2.05, 4.69) is 9.47 Å². The van der Waals surface area contributed by atoms with Crippen LogP contribution in [0, 0.1) is 6.92 Å². The zero-order valence-corrected chi connectivity index (χ0v) is 12.9. The Bertz CT molecular complexity index is 734. The minimum atomic E-state index is -1.34. The van der Waals surface area contributed by atoms with Gasteiger partial charge in [0.15, 0.2) is 0 Å². The zero-order valence-electron chi connectivity index (χ0n) is 12.9. The van der Waals surface area contributed by atoms with Crippen molar-refractivity contribution >= 4 is 18.1 Å². The fourth-order valence-corrected chi connectivity index (χ4v) is 2.07. The number of esters is 2. The molecule has 0 aliphatic heterocycles. The third kappa shape index (κ3) is 4.26. The van der Waals surface area contributed by atoms with Crippen molar-refractivity contribution in [2.24, 2.45) is 0 Å². The normalized spacial score (nSPS) is 10.0. The molecule has 0 saturated heterocycles. The molecular formula is C18H16O5. The average Bonchev–Trinajstić information content (AvgIpc) is 2.55. The van der Waals surface area contributed by atoms with Crippen molar-refractivity contribution in [2.45, 2.75) is 20.3 Å². The Kier molecular flexibility index (Phi) is 5.25. The lowest BCUT2D eigenvalue weighted by atomic mass is 10.0. The third-order valence-corrected chi connectivity index (χ3v) is 3.22. The first-order valence-corrected chi connectivity index (χ1v) is 7.14. The number of hydrogen-bond donors (Lipinski definition) is 0. The molecule has 0 saturated carbocycles. The number of aryl methyl sites for hydroxylation is 2.